The minimum atomic E-state index is -3.25. The molecule has 0 radical (unpaired) electrons. The lowest BCUT2D eigenvalue weighted by atomic mass is 9.98. The topological polar surface area (TPSA) is 95.5 Å². The smallest absolute Gasteiger partial charge is 0.250 e. The van der Waals surface area contributed by atoms with Crippen LogP contribution < -0.4 is 15.1 Å². The van der Waals surface area contributed by atoms with Gasteiger partial charge in [-0.2, -0.15) is 0 Å². The Morgan fingerprint density at radius 3 is 2.68 bits per heavy atom. The second kappa shape index (κ2) is 8.61. The maximum atomic E-state index is 16.1. The minimum absolute atomic E-state index is 0.0722. The molecular formula is C26H23ClFN5O3S. The van der Waals surface area contributed by atoms with Crippen molar-refractivity contribution in [3.8, 4) is 11.3 Å². The summed E-state index contributed by atoms with van der Waals surface area (Å²) >= 11 is 6.48. The van der Waals surface area contributed by atoms with Gasteiger partial charge in [-0.25, -0.2) is 12.8 Å². The highest BCUT2D eigenvalue weighted by Crippen LogP contribution is 2.43. The number of sulfone groups is 1. The maximum Gasteiger partial charge on any atom is 0.250 e. The van der Waals surface area contributed by atoms with Gasteiger partial charge in [-0.3, -0.25) is 14.8 Å². The highest BCUT2D eigenvalue weighted by molar-refractivity contribution is 7.90. The van der Waals surface area contributed by atoms with E-state index in [-0.39, 0.29) is 42.0 Å². The van der Waals surface area contributed by atoms with E-state index in [1.165, 1.54) is 17.4 Å². The number of fused-ring (bicyclic) bond motifs is 6. The molecule has 2 aromatic heterocycles. The molecule has 4 heterocycles. The molecule has 1 saturated heterocycles. The van der Waals surface area contributed by atoms with Crippen LogP contribution in [0.4, 0.5) is 15.8 Å². The molecule has 0 aliphatic carbocycles. The number of carbonyl (C=O) groups is 1. The van der Waals surface area contributed by atoms with Crippen LogP contribution in [0.25, 0.3) is 32.9 Å². The predicted molar refractivity (Wildman–Crippen MR) is 143 cm³/mol. The van der Waals surface area contributed by atoms with E-state index in [1.54, 1.807) is 25.4 Å². The van der Waals surface area contributed by atoms with Crippen LogP contribution in [0.3, 0.4) is 0 Å². The van der Waals surface area contributed by atoms with E-state index in [4.69, 9.17) is 11.6 Å². The molecule has 0 unspecified atom stereocenters. The number of hydrogen-bond donors (Lipinski definition) is 1. The van der Waals surface area contributed by atoms with Crippen molar-refractivity contribution >= 4 is 60.4 Å². The number of hydrogen-bond acceptors (Lipinski definition) is 7. The van der Waals surface area contributed by atoms with Crippen LogP contribution in [0, 0.1) is 5.82 Å². The van der Waals surface area contributed by atoms with Crippen LogP contribution in [0.15, 0.2) is 48.8 Å². The number of nitrogens with zero attached hydrogens (tertiary/aromatic N) is 4. The van der Waals surface area contributed by atoms with E-state index in [1.807, 2.05) is 29.2 Å². The highest BCUT2D eigenvalue weighted by atomic mass is 35.5. The minimum Gasteiger partial charge on any atom is -0.355 e. The largest absolute Gasteiger partial charge is 0.355 e. The lowest BCUT2D eigenvalue weighted by Gasteiger charge is -2.47. The van der Waals surface area contributed by atoms with E-state index in [9.17, 15) is 13.2 Å². The Balaban J connectivity index is 1.54. The molecule has 2 atom stereocenters. The Hall–Kier alpha value is -3.34. The fourth-order valence-corrected chi connectivity index (χ4v) is 6.67. The summed E-state index contributed by atoms with van der Waals surface area (Å²) < 4.78 is 40.0. The first kappa shape index (κ1) is 24.0. The number of halogens is 2. The molecule has 0 saturated carbocycles. The third-order valence-corrected chi connectivity index (χ3v) is 8.40. The number of likely N-dealkylation sites (N-methyl/N-ethyl adjacent to an activating group) is 1. The monoisotopic (exact) mass is 539 g/mol. The zero-order chi connectivity index (χ0) is 26.1. The van der Waals surface area contributed by atoms with Crippen LogP contribution in [0.1, 0.15) is 0 Å². The molecule has 190 valence electrons. The number of amides is 1. The molecule has 1 fully saturated rings. The van der Waals surface area contributed by atoms with Gasteiger partial charge in [0.05, 0.1) is 23.3 Å². The zero-order valence-corrected chi connectivity index (χ0v) is 21.6. The Morgan fingerprint density at radius 2 is 1.92 bits per heavy atom. The quantitative estimate of drug-likeness (QED) is 0.426. The number of aromatic nitrogens is 2. The average Bonchev–Trinajstić information content (AvgIpc) is 2.86. The Bertz CT molecular complexity index is 1710. The zero-order valence-electron chi connectivity index (χ0n) is 20.1. The van der Waals surface area contributed by atoms with E-state index in [0.717, 1.165) is 5.39 Å². The van der Waals surface area contributed by atoms with Gasteiger partial charge in [0.2, 0.25) is 0 Å². The number of pyridine rings is 2. The lowest BCUT2D eigenvalue weighted by Crippen LogP contribution is -2.65. The molecule has 2 aliphatic rings. The van der Waals surface area contributed by atoms with Gasteiger partial charge in [0, 0.05) is 60.0 Å². The summed E-state index contributed by atoms with van der Waals surface area (Å²) in [6.07, 6.45) is 4.25. The standard InChI is InChI=1S/C26H23ClFN5O3S/c1-32-19-10-31-24-17(25(19)33-12-15(13-37(2,35)36)29-11-20(33)26(32)34)9-30-23(22(24)28)16-7-3-5-14-6-4-8-18(27)21(14)16/h3-10,15,20,29H,11-13H2,1-2H3/t15-,20+/m1/s1. The third-order valence-electron chi connectivity index (χ3n) is 7.08. The summed E-state index contributed by atoms with van der Waals surface area (Å²) in [6.45, 7) is 0.543. The van der Waals surface area contributed by atoms with Crippen molar-refractivity contribution in [2.24, 2.45) is 0 Å². The normalized spacial score (nSPS) is 19.8. The first-order valence-corrected chi connectivity index (χ1v) is 14.2. The molecule has 4 aromatic rings. The maximum absolute atomic E-state index is 16.1. The van der Waals surface area contributed by atoms with Gasteiger partial charge >= 0.3 is 0 Å². The Kier molecular flexibility index (Phi) is 5.59. The number of nitrogens with one attached hydrogen (secondary N) is 1. The highest BCUT2D eigenvalue weighted by Gasteiger charge is 2.42. The summed E-state index contributed by atoms with van der Waals surface area (Å²) in [5.41, 5.74) is 1.95. The Labute approximate surface area is 218 Å². The SMILES string of the molecule is CN1C(=O)[C@@H]2CN[C@@H](CS(C)(=O)=O)CN2c2c1cnc1c(F)c(-c3cccc4cccc(Cl)c34)ncc21. The fourth-order valence-electron chi connectivity index (χ4n) is 5.43. The molecule has 11 heteroatoms. The summed E-state index contributed by atoms with van der Waals surface area (Å²) in [4.78, 5) is 25.4. The van der Waals surface area contributed by atoms with Crippen molar-refractivity contribution in [1.29, 1.82) is 0 Å². The van der Waals surface area contributed by atoms with E-state index >= 15 is 4.39 Å². The predicted octanol–water partition coefficient (Wildman–Crippen LogP) is 3.41. The van der Waals surface area contributed by atoms with Gasteiger partial charge in [0.1, 0.15) is 27.1 Å². The van der Waals surface area contributed by atoms with E-state index < -0.39 is 21.7 Å². The molecule has 8 nitrogen and oxygen atoms in total. The van der Waals surface area contributed by atoms with Crippen LogP contribution in [0.2, 0.25) is 5.02 Å². The molecule has 1 amide bonds. The van der Waals surface area contributed by atoms with Crippen molar-refractivity contribution in [2.75, 3.05) is 41.9 Å². The van der Waals surface area contributed by atoms with Crippen LogP contribution in [-0.2, 0) is 14.6 Å². The molecule has 0 bridgehead atoms. The fraction of sp³-hybridized carbons (Fsp3) is 0.269. The number of carbonyl (C=O) groups excluding carboxylic acids is 1. The van der Waals surface area contributed by atoms with Crippen LogP contribution in [-0.4, -0.2) is 68.5 Å². The van der Waals surface area contributed by atoms with Gasteiger partial charge in [-0.1, -0.05) is 41.9 Å². The van der Waals surface area contributed by atoms with Gasteiger partial charge in [0.25, 0.3) is 5.91 Å². The van der Waals surface area contributed by atoms with Crippen molar-refractivity contribution in [1.82, 2.24) is 15.3 Å². The number of benzene rings is 2. The second-order valence-electron chi connectivity index (χ2n) is 9.58. The van der Waals surface area contributed by atoms with E-state index in [0.29, 0.717) is 32.7 Å². The summed E-state index contributed by atoms with van der Waals surface area (Å²) in [6, 6.07) is 10.1. The Morgan fingerprint density at radius 1 is 1.16 bits per heavy atom. The molecular weight excluding hydrogens is 517 g/mol. The van der Waals surface area contributed by atoms with Crippen molar-refractivity contribution in [3.63, 3.8) is 0 Å². The summed E-state index contributed by atoms with van der Waals surface area (Å²) in [5, 5.41) is 5.70. The molecule has 37 heavy (non-hydrogen) atoms. The van der Waals surface area contributed by atoms with Gasteiger partial charge in [-0.15, -0.1) is 0 Å². The van der Waals surface area contributed by atoms with Gasteiger partial charge in [0.15, 0.2) is 5.82 Å². The molecule has 2 aliphatic heterocycles. The first-order chi connectivity index (χ1) is 17.6. The van der Waals surface area contributed by atoms with Crippen molar-refractivity contribution < 1.29 is 17.6 Å². The molecule has 2 aromatic carbocycles. The van der Waals surface area contributed by atoms with E-state index in [2.05, 4.69) is 15.3 Å². The molecule has 0 spiro atoms. The molecule has 1 N–H and O–H groups in total. The second-order valence-corrected chi connectivity index (χ2v) is 12.2. The summed E-state index contributed by atoms with van der Waals surface area (Å²) in [5.74, 6) is -0.807. The van der Waals surface area contributed by atoms with Crippen molar-refractivity contribution in [3.05, 3.63) is 59.6 Å². The molecule has 6 rings (SSSR count). The van der Waals surface area contributed by atoms with Crippen molar-refractivity contribution in [2.45, 2.75) is 12.1 Å². The summed E-state index contributed by atoms with van der Waals surface area (Å²) in [7, 11) is -1.59. The lowest BCUT2D eigenvalue weighted by molar-refractivity contribution is -0.120. The third kappa shape index (κ3) is 3.91. The average molecular weight is 540 g/mol. The van der Waals surface area contributed by atoms with Crippen LogP contribution >= 0.6 is 11.6 Å². The first-order valence-electron chi connectivity index (χ1n) is 11.7. The van der Waals surface area contributed by atoms with Gasteiger partial charge in [-0.05, 0) is 11.5 Å². The number of rotatable bonds is 3. The number of anilines is 2. The number of piperazine rings is 1. The van der Waals surface area contributed by atoms with Crippen LogP contribution in [0.5, 0.6) is 0 Å². The van der Waals surface area contributed by atoms with Gasteiger partial charge < -0.3 is 15.1 Å².